The molecule has 0 bridgehead atoms. The van der Waals surface area contributed by atoms with E-state index in [-0.39, 0.29) is 17.4 Å². The Bertz CT molecular complexity index is 652. The second kappa shape index (κ2) is 6.99. The van der Waals surface area contributed by atoms with E-state index in [9.17, 15) is 18.8 Å². The van der Waals surface area contributed by atoms with E-state index in [1.807, 2.05) is 0 Å². The van der Waals surface area contributed by atoms with Crippen molar-refractivity contribution in [3.8, 4) is 0 Å². The summed E-state index contributed by atoms with van der Waals surface area (Å²) in [5.41, 5.74) is 0.333. The molecule has 2 amide bonds. The monoisotopic (exact) mass is 340 g/mol. The highest BCUT2D eigenvalue weighted by molar-refractivity contribution is 8.00. The largest absolute Gasteiger partial charge is 0.423 e. The number of thioether (sulfide) groups is 1. The highest BCUT2D eigenvalue weighted by Crippen LogP contribution is 2.30. The first-order valence-electron chi connectivity index (χ1n) is 6.98. The van der Waals surface area contributed by atoms with E-state index in [1.165, 1.54) is 30.9 Å². The summed E-state index contributed by atoms with van der Waals surface area (Å²) in [4.78, 5) is 35.7. The number of halogens is 1. The lowest BCUT2D eigenvalue weighted by atomic mass is 10.2. The van der Waals surface area contributed by atoms with Gasteiger partial charge in [0.25, 0.3) is 0 Å². The molecule has 23 heavy (non-hydrogen) atoms. The van der Waals surface area contributed by atoms with Crippen LogP contribution in [0.1, 0.15) is 20.8 Å². The lowest BCUT2D eigenvalue weighted by molar-refractivity contribution is -0.121. The smallest absolute Gasteiger partial charge is 0.416 e. The van der Waals surface area contributed by atoms with Gasteiger partial charge < -0.3 is 10.1 Å². The van der Waals surface area contributed by atoms with E-state index in [1.54, 1.807) is 13.0 Å². The molecule has 0 aromatic heterocycles. The third kappa shape index (κ3) is 4.01. The van der Waals surface area contributed by atoms with Gasteiger partial charge in [-0.2, -0.15) is 0 Å². The topological polar surface area (TPSA) is 75.7 Å². The van der Waals surface area contributed by atoms with Crippen molar-refractivity contribution in [3.05, 3.63) is 24.0 Å². The van der Waals surface area contributed by atoms with Crippen molar-refractivity contribution in [2.45, 2.75) is 37.9 Å². The highest BCUT2D eigenvalue weighted by atomic mass is 32.2. The summed E-state index contributed by atoms with van der Waals surface area (Å²) >= 11 is 1.10. The molecule has 1 aliphatic rings. The number of ether oxygens (including phenoxy) is 1. The second-order valence-corrected chi connectivity index (χ2v) is 6.24. The SMILES string of the molecule is CC(=O)CSc1ccc(N2C(=O)O[C@H](NC(C)=O)C2C)cc1F. The Hall–Kier alpha value is -2.09. The first kappa shape index (κ1) is 17.3. The number of benzene rings is 1. The maximum absolute atomic E-state index is 14.1. The van der Waals surface area contributed by atoms with E-state index >= 15 is 0 Å². The van der Waals surface area contributed by atoms with E-state index in [0.29, 0.717) is 10.6 Å². The van der Waals surface area contributed by atoms with Gasteiger partial charge in [-0.05, 0) is 32.0 Å². The lowest BCUT2D eigenvalue weighted by Crippen LogP contribution is -2.43. The van der Waals surface area contributed by atoms with Crippen LogP contribution in [0.4, 0.5) is 14.9 Å². The maximum Gasteiger partial charge on any atom is 0.416 e. The van der Waals surface area contributed by atoms with Gasteiger partial charge in [0.05, 0.1) is 17.5 Å². The number of hydrogen-bond acceptors (Lipinski definition) is 5. The van der Waals surface area contributed by atoms with Crippen molar-refractivity contribution in [2.24, 2.45) is 0 Å². The number of cyclic esters (lactones) is 1. The minimum atomic E-state index is -0.783. The number of anilines is 1. The normalized spacial score (nSPS) is 20.3. The Morgan fingerprint density at radius 2 is 2.09 bits per heavy atom. The second-order valence-electron chi connectivity index (χ2n) is 5.22. The third-order valence-electron chi connectivity index (χ3n) is 3.24. The Morgan fingerprint density at radius 3 is 2.65 bits per heavy atom. The standard InChI is InChI=1S/C15H17FN2O4S/c1-8(19)7-23-13-5-4-11(6-12(13)16)18-9(2)14(17-10(3)20)22-15(18)21/h4-6,9,14H,7H2,1-3H3,(H,17,20)/t9?,14-/m0/s1. The minimum absolute atomic E-state index is 0.0478. The predicted molar refractivity (Wildman–Crippen MR) is 83.8 cm³/mol. The lowest BCUT2D eigenvalue weighted by Gasteiger charge is -2.21. The average molecular weight is 340 g/mol. The van der Waals surface area contributed by atoms with Crippen LogP contribution in [-0.2, 0) is 14.3 Å². The predicted octanol–water partition coefficient (Wildman–Crippen LogP) is 2.31. The number of nitrogens with zero attached hydrogens (tertiary/aromatic N) is 1. The van der Waals surface area contributed by atoms with Crippen molar-refractivity contribution < 1.29 is 23.5 Å². The fourth-order valence-corrected chi connectivity index (χ4v) is 2.91. The Balaban J connectivity index is 2.18. The van der Waals surface area contributed by atoms with Gasteiger partial charge in [-0.25, -0.2) is 9.18 Å². The van der Waals surface area contributed by atoms with Crippen molar-refractivity contribution in [1.82, 2.24) is 5.32 Å². The summed E-state index contributed by atoms with van der Waals surface area (Å²) in [5.74, 6) is -0.702. The van der Waals surface area contributed by atoms with Crippen LogP contribution < -0.4 is 10.2 Å². The molecule has 1 aromatic carbocycles. The zero-order valence-electron chi connectivity index (χ0n) is 13.0. The number of hydrogen-bond donors (Lipinski definition) is 1. The molecular weight excluding hydrogens is 323 g/mol. The van der Waals surface area contributed by atoms with Crippen molar-refractivity contribution in [3.63, 3.8) is 0 Å². The molecule has 0 saturated carbocycles. The van der Waals surface area contributed by atoms with Crippen LogP contribution in [0.2, 0.25) is 0 Å². The fourth-order valence-electron chi connectivity index (χ4n) is 2.19. The molecule has 0 spiro atoms. The average Bonchev–Trinajstić information content (AvgIpc) is 2.71. The van der Waals surface area contributed by atoms with Crippen LogP contribution in [0.25, 0.3) is 0 Å². The summed E-state index contributed by atoms with van der Waals surface area (Å²) < 4.78 is 19.2. The van der Waals surface area contributed by atoms with Crippen LogP contribution in [0, 0.1) is 5.82 Å². The first-order chi connectivity index (χ1) is 10.8. The molecule has 1 aromatic rings. The molecule has 1 unspecified atom stereocenters. The van der Waals surface area contributed by atoms with Crippen LogP contribution in [-0.4, -0.2) is 35.8 Å². The third-order valence-corrected chi connectivity index (χ3v) is 4.43. The summed E-state index contributed by atoms with van der Waals surface area (Å²) in [6.45, 7) is 4.45. The van der Waals surface area contributed by atoms with Crippen molar-refractivity contribution in [2.75, 3.05) is 10.7 Å². The molecule has 8 heteroatoms. The van der Waals surface area contributed by atoms with Gasteiger partial charge in [0.1, 0.15) is 11.6 Å². The number of amides is 2. The van der Waals surface area contributed by atoms with E-state index in [4.69, 9.17) is 4.74 Å². The molecular formula is C15H17FN2O4S. The molecule has 1 fully saturated rings. The number of carbonyl (C=O) groups excluding carboxylic acids is 3. The van der Waals surface area contributed by atoms with Crippen LogP contribution >= 0.6 is 11.8 Å². The quantitative estimate of drug-likeness (QED) is 0.833. The molecule has 124 valence electrons. The summed E-state index contributed by atoms with van der Waals surface area (Å²) in [5, 5.41) is 2.52. The summed E-state index contributed by atoms with van der Waals surface area (Å²) in [6.07, 6.45) is -1.44. The van der Waals surface area contributed by atoms with Gasteiger partial charge >= 0.3 is 6.09 Å². The van der Waals surface area contributed by atoms with E-state index in [0.717, 1.165) is 11.8 Å². The molecule has 1 aliphatic heterocycles. The van der Waals surface area contributed by atoms with E-state index in [2.05, 4.69) is 5.32 Å². The number of rotatable bonds is 5. The maximum atomic E-state index is 14.1. The molecule has 2 atom stereocenters. The van der Waals surface area contributed by atoms with E-state index < -0.39 is 24.2 Å². The van der Waals surface area contributed by atoms with Gasteiger partial charge in [-0.3, -0.25) is 14.5 Å². The minimum Gasteiger partial charge on any atom is -0.423 e. The molecule has 0 radical (unpaired) electrons. The molecule has 2 rings (SSSR count). The number of carbonyl (C=O) groups is 3. The Labute approximate surface area is 137 Å². The molecule has 0 aliphatic carbocycles. The number of nitrogens with one attached hydrogen (secondary N) is 1. The Kier molecular flexibility index (Phi) is 5.25. The van der Waals surface area contributed by atoms with Crippen molar-refractivity contribution in [1.29, 1.82) is 0 Å². The van der Waals surface area contributed by atoms with Crippen LogP contribution in [0.5, 0.6) is 0 Å². The molecule has 6 nitrogen and oxygen atoms in total. The number of Topliss-reactive ketones (excluding diaryl/α,β-unsaturated/α-hetero) is 1. The molecule has 1 heterocycles. The van der Waals surface area contributed by atoms with Gasteiger partial charge in [0.15, 0.2) is 6.23 Å². The number of ketones is 1. The summed E-state index contributed by atoms with van der Waals surface area (Å²) in [6, 6.07) is 3.85. The zero-order valence-corrected chi connectivity index (χ0v) is 13.8. The fraction of sp³-hybridized carbons (Fsp3) is 0.400. The Morgan fingerprint density at radius 1 is 1.39 bits per heavy atom. The van der Waals surface area contributed by atoms with Crippen LogP contribution in [0.3, 0.4) is 0 Å². The van der Waals surface area contributed by atoms with Gasteiger partial charge in [-0.1, -0.05) is 0 Å². The van der Waals surface area contributed by atoms with Gasteiger partial charge in [0, 0.05) is 11.8 Å². The zero-order chi connectivity index (χ0) is 17.1. The first-order valence-corrected chi connectivity index (χ1v) is 7.97. The molecule has 1 saturated heterocycles. The van der Waals surface area contributed by atoms with Gasteiger partial charge in [-0.15, -0.1) is 11.8 Å². The van der Waals surface area contributed by atoms with Gasteiger partial charge in [0.2, 0.25) is 5.91 Å². The highest BCUT2D eigenvalue weighted by Gasteiger charge is 2.40. The molecule has 1 N–H and O–H groups in total. The van der Waals surface area contributed by atoms with Crippen LogP contribution in [0.15, 0.2) is 23.1 Å². The summed E-state index contributed by atoms with van der Waals surface area (Å²) in [7, 11) is 0. The van der Waals surface area contributed by atoms with Crippen molar-refractivity contribution >= 4 is 35.2 Å².